The Kier molecular flexibility index (Phi) is 6.19. The third-order valence-electron chi connectivity index (χ3n) is 6.47. The molecule has 0 spiro atoms. The minimum atomic E-state index is -0.161. The molecule has 2 aromatic heterocycles. The van der Waals surface area contributed by atoms with Crippen LogP contribution >= 0.6 is 11.3 Å². The molecule has 4 heterocycles. The zero-order valence-electron chi connectivity index (χ0n) is 18.1. The monoisotopic (exact) mass is 448 g/mol. The van der Waals surface area contributed by atoms with Crippen LogP contribution in [-0.4, -0.2) is 38.8 Å². The second-order valence-electron chi connectivity index (χ2n) is 8.68. The van der Waals surface area contributed by atoms with Crippen molar-refractivity contribution in [1.29, 1.82) is 0 Å². The average molecular weight is 449 g/mol. The molecule has 5 rings (SSSR count). The summed E-state index contributed by atoms with van der Waals surface area (Å²) in [4.78, 5) is 39.6. The first-order valence-electron chi connectivity index (χ1n) is 11.4. The van der Waals surface area contributed by atoms with Gasteiger partial charge in [0.2, 0.25) is 5.91 Å². The number of H-pyrrole nitrogens is 1. The highest BCUT2D eigenvalue weighted by Crippen LogP contribution is 2.30. The molecule has 7 heteroatoms. The van der Waals surface area contributed by atoms with E-state index in [4.69, 9.17) is 4.98 Å². The highest BCUT2D eigenvalue weighted by molar-refractivity contribution is 7.09. The van der Waals surface area contributed by atoms with E-state index in [-0.39, 0.29) is 17.5 Å². The molecule has 1 fully saturated rings. The third kappa shape index (κ3) is 4.54. The number of thiophene rings is 1. The number of hydrogen-bond donors (Lipinski definition) is 1. The van der Waals surface area contributed by atoms with Gasteiger partial charge in [0.25, 0.3) is 5.56 Å². The van der Waals surface area contributed by atoms with E-state index in [0.29, 0.717) is 31.8 Å². The van der Waals surface area contributed by atoms with Gasteiger partial charge < -0.3 is 9.88 Å². The highest BCUT2D eigenvalue weighted by atomic mass is 32.1. The van der Waals surface area contributed by atoms with Gasteiger partial charge >= 0.3 is 0 Å². The van der Waals surface area contributed by atoms with Crippen molar-refractivity contribution in [2.45, 2.75) is 51.2 Å². The van der Waals surface area contributed by atoms with E-state index < -0.39 is 0 Å². The summed E-state index contributed by atoms with van der Waals surface area (Å²) in [6, 6.07) is 13.9. The second-order valence-corrected chi connectivity index (χ2v) is 9.71. The van der Waals surface area contributed by atoms with Crippen molar-refractivity contribution in [2.75, 3.05) is 13.1 Å². The van der Waals surface area contributed by atoms with Crippen LogP contribution in [0, 0.1) is 0 Å². The first kappa shape index (κ1) is 21.1. The molecule has 0 radical (unpaired) electrons. The van der Waals surface area contributed by atoms with Gasteiger partial charge in [-0.05, 0) is 42.7 Å². The largest absolute Gasteiger partial charge is 0.332 e. The van der Waals surface area contributed by atoms with E-state index in [9.17, 15) is 9.59 Å². The van der Waals surface area contributed by atoms with Gasteiger partial charge in [0.1, 0.15) is 5.82 Å². The molecule has 2 aliphatic rings. The van der Waals surface area contributed by atoms with Crippen LogP contribution in [0.5, 0.6) is 0 Å². The lowest BCUT2D eigenvalue weighted by Crippen LogP contribution is -2.42. The maximum Gasteiger partial charge on any atom is 0.254 e. The van der Waals surface area contributed by atoms with Crippen molar-refractivity contribution in [3.63, 3.8) is 0 Å². The summed E-state index contributed by atoms with van der Waals surface area (Å²) in [5.74, 6) is 0.744. The molecule has 1 amide bonds. The number of hydrogen-bond acceptors (Lipinski definition) is 5. The Balaban J connectivity index is 1.37. The summed E-state index contributed by atoms with van der Waals surface area (Å²) in [6.45, 7) is 3.13. The molecule has 1 saturated heterocycles. The Labute approximate surface area is 191 Å². The van der Waals surface area contributed by atoms with Crippen molar-refractivity contribution in [2.24, 2.45) is 0 Å². The van der Waals surface area contributed by atoms with Gasteiger partial charge in [0.15, 0.2) is 0 Å². The molecule has 6 nitrogen and oxygen atoms in total. The van der Waals surface area contributed by atoms with Gasteiger partial charge in [-0.1, -0.05) is 36.4 Å². The lowest BCUT2D eigenvalue weighted by molar-refractivity contribution is -0.134. The Bertz CT molecular complexity index is 1130. The Morgan fingerprint density at radius 2 is 2.00 bits per heavy atom. The molecule has 1 unspecified atom stereocenters. The average Bonchev–Trinajstić information content (AvgIpc) is 3.32. The first-order valence-corrected chi connectivity index (χ1v) is 12.3. The molecule has 0 aliphatic carbocycles. The molecule has 1 N–H and O–H groups in total. The minimum Gasteiger partial charge on any atom is -0.332 e. The standard InChI is InChI=1S/C25H28N4O2S/c30-23(15-18-7-2-1-3-8-18)29-12-5-4-10-22(29)24-26-21-17-28(16-19-9-6-14-32-19)13-11-20(21)25(31)27-24/h1-3,6-9,14,22H,4-5,10-13,15-17H2,(H,26,27,31). The van der Waals surface area contributed by atoms with E-state index in [1.807, 2.05) is 35.2 Å². The summed E-state index contributed by atoms with van der Waals surface area (Å²) in [7, 11) is 0. The van der Waals surface area contributed by atoms with Gasteiger partial charge in [0.05, 0.1) is 18.2 Å². The van der Waals surface area contributed by atoms with Crippen LogP contribution in [0.2, 0.25) is 0 Å². The number of likely N-dealkylation sites (tertiary alicyclic amines) is 1. The SMILES string of the molecule is O=C(Cc1ccccc1)N1CCCCC1c1nc2c(c(=O)[nH]1)CCN(Cc1cccs1)C2. The zero-order chi connectivity index (χ0) is 21.9. The predicted molar refractivity (Wildman–Crippen MR) is 125 cm³/mol. The number of aromatic nitrogens is 2. The quantitative estimate of drug-likeness (QED) is 0.646. The van der Waals surface area contributed by atoms with Gasteiger partial charge in [0, 0.05) is 36.6 Å². The van der Waals surface area contributed by atoms with Gasteiger partial charge in [-0.3, -0.25) is 14.5 Å². The summed E-state index contributed by atoms with van der Waals surface area (Å²) in [5, 5.41) is 2.10. The molecule has 2 aliphatic heterocycles. The van der Waals surface area contributed by atoms with Crippen LogP contribution in [0.25, 0.3) is 0 Å². The number of fused-ring (bicyclic) bond motifs is 1. The molecule has 0 bridgehead atoms. The first-order chi connectivity index (χ1) is 15.7. The summed E-state index contributed by atoms with van der Waals surface area (Å²) < 4.78 is 0. The van der Waals surface area contributed by atoms with Crippen LogP contribution in [0.15, 0.2) is 52.6 Å². The Hall–Kier alpha value is -2.77. The van der Waals surface area contributed by atoms with E-state index in [2.05, 4.69) is 27.4 Å². The number of benzene rings is 1. The number of aromatic amines is 1. The predicted octanol–water partition coefficient (Wildman–Crippen LogP) is 3.69. The topological polar surface area (TPSA) is 69.3 Å². The summed E-state index contributed by atoms with van der Waals surface area (Å²) in [6.07, 6.45) is 3.94. The third-order valence-corrected chi connectivity index (χ3v) is 7.33. The summed E-state index contributed by atoms with van der Waals surface area (Å²) in [5.41, 5.74) is 2.64. The van der Waals surface area contributed by atoms with Crippen LogP contribution in [-0.2, 0) is 30.7 Å². The molecular formula is C25H28N4O2S. The molecular weight excluding hydrogens is 420 g/mol. The molecule has 3 aromatic rings. The lowest BCUT2D eigenvalue weighted by atomic mass is 9.99. The van der Waals surface area contributed by atoms with E-state index in [1.165, 1.54) is 4.88 Å². The Morgan fingerprint density at radius 3 is 2.81 bits per heavy atom. The zero-order valence-corrected chi connectivity index (χ0v) is 18.9. The smallest absolute Gasteiger partial charge is 0.254 e. The van der Waals surface area contributed by atoms with E-state index in [0.717, 1.165) is 49.2 Å². The van der Waals surface area contributed by atoms with Crippen molar-refractivity contribution < 1.29 is 4.79 Å². The normalized spacial score (nSPS) is 19.0. The maximum absolute atomic E-state index is 13.2. The van der Waals surface area contributed by atoms with Crippen molar-refractivity contribution in [3.8, 4) is 0 Å². The molecule has 0 saturated carbocycles. The number of carbonyl (C=O) groups is 1. The highest BCUT2D eigenvalue weighted by Gasteiger charge is 2.31. The van der Waals surface area contributed by atoms with Gasteiger partial charge in [-0.25, -0.2) is 4.98 Å². The summed E-state index contributed by atoms with van der Waals surface area (Å²) >= 11 is 1.76. The fraction of sp³-hybridized carbons (Fsp3) is 0.400. The Morgan fingerprint density at radius 1 is 1.12 bits per heavy atom. The van der Waals surface area contributed by atoms with Gasteiger partial charge in [-0.15, -0.1) is 11.3 Å². The van der Waals surface area contributed by atoms with E-state index in [1.54, 1.807) is 11.3 Å². The van der Waals surface area contributed by atoms with Crippen LogP contribution < -0.4 is 5.56 Å². The number of rotatable bonds is 5. The lowest BCUT2D eigenvalue weighted by Gasteiger charge is -2.36. The fourth-order valence-electron chi connectivity index (χ4n) is 4.82. The maximum atomic E-state index is 13.2. The minimum absolute atomic E-state index is 0.0400. The molecule has 1 aromatic carbocycles. The van der Waals surface area contributed by atoms with Crippen LogP contribution in [0.4, 0.5) is 0 Å². The van der Waals surface area contributed by atoms with Crippen molar-refractivity contribution in [1.82, 2.24) is 19.8 Å². The van der Waals surface area contributed by atoms with Gasteiger partial charge in [-0.2, -0.15) is 0 Å². The number of carbonyl (C=O) groups excluding carboxylic acids is 1. The number of piperidine rings is 1. The number of amides is 1. The van der Waals surface area contributed by atoms with Crippen LogP contribution in [0.3, 0.4) is 0 Å². The second kappa shape index (κ2) is 9.38. The van der Waals surface area contributed by atoms with Crippen molar-refractivity contribution in [3.05, 3.63) is 85.7 Å². The molecule has 1 atom stereocenters. The number of nitrogens with zero attached hydrogens (tertiary/aromatic N) is 3. The fourth-order valence-corrected chi connectivity index (χ4v) is 5.56. The molecule has 166 valence electrons. The number of nitrogens with one attached hydrogen (secondary N) is 1. The van der Waals surface area contributed by atoms with E-state index >= 15 is 0 Å². The molecule has 32 heavy (non-hydrogen) atoms. The van der Waals surface area contributed by atoms with Crippen molar-refractivity contribution >= 4 is 17.2 Å². The van der Waals surface area contributed by atoms with Crippen LogP contribution in [0.1, 0.15) is 52.8 Å².